The molecule has 0 N–H and O–H groups in total. The third-order valence-electron chi connectivity index (χ3n) is 4.77. The van der Waals surface area contributed by atoms with Gasteiger partial charge in [0.05, 0.1) is 0 Å². The summed E-state index contributed by atoms with van der Waals surface area (Å²) in [5.74, 6) is 0. The van der Waals surface area contributed by atoms with E-state index >= 15 is 0 Å². The van der Waals surface area contributed by atoms with Crippen molar-refractivity contribution in [3.63, 3.8) is 0 Å². The maximum Gasteiger partial charge on any atom is -0.00673 e. The predicted octanol–water partition coefficient (Wildman–Crippen LogP) is 4.48. The molecule has 0 heteroatoms. The van der Waals surface area contributed by atoms with Crippen LogP contribution in [0.1, 0.15) is 24.5 Å². The van der Waals surface area contributed by atoms with Crippen molar-refractivity contribution in [2.75, 3.05) is 0 Å². The highest BCUT2D eigenvalue weighted by Crippen LogP contribution is 2.31. The van der Waals surface area contributed by atoms with Crippen molar-refractivity contribution in [1.29, 1.82) is 0 Å². The van der Waals surface area contributed by atoms with Crippen molar-refractivity contribution in [1.82, 2.24) is 0 Å². The van der Waals surface area contributed by atoms with Crippen molar-refractivity contribution >= 4 is 22.4 Å². The van der Waals surface area contributed by atoms with Gasteiger partial charge in [-0.1, -0.05) is 72.8 Å². The number of fused-ring (bicyclic) bond motifs is 2. The highest BCUT2D eigenvalue weighted by molar-refractivity contribution is 5.98. The van der Waals surface area contributed by atoms with Crippen LogP contribution < -0.4 is 10.4 Å². The monoisotopic (exact) mass is 296 g/mol. The fraction of sp³-hybridized carbons (Fsp3) is 0.130. The summed E-state index contributed by atoms with van der Waals surface area (Å²) in [6.45, 7) is 4.46. The first-order valence-electron chi connectivity index (χ1n) is 8.21. The Balaban J connectivity index is 2.23. The van der Waals surface area contributed by atoms with Gasteiger partial charge in [0.1, 0.15) is 0 Å². The first-order valence-corrected chi connectivity index (χ1v) is 8.21. The van der Waals surface area contributed by atoms with Gasteiger partial charge in [-0.3, -0.25) is 0 Å². The van der Waals surface area contributed by atoms with Gasteiger partial charge in [-0.15, -0.1) is 0 Å². The minimum atomic E-state index is 0.996. The van der Waals surface area contributed by atoms with E-state index in [1.165, 1.54) is 43.5 Å². The molecule has 3 aromatic rings. The van der Waals surface area contributed by atoms with Gasteiger partial charge >= 0.3 is 0 Å². The summed E-state index contributed by atoms with van der Waals surface area (Å²) >= 11 is 0. The van der Waals surface area contributed by atoms with Crippen LogP contribution in [0.2, 0.25) is 0 Å². The van der Waals surface area contributed by atoms with Crippen molar-refractivity contribution in [3.05, 3.63) is 93.9 Å². The summed E-state index contributed by atoms with van der Waals surface area (Å²) in [5, 5.41) is 5.33. The Morgan fingerprint density at radius 3 is 2.43 bits per heavy atom. The Kier molecular flexibility index (Phi) is 3.38. The molecule has 3 aromatic carbocycles. The molecular weight excluding hydrogens is 276 g/mol. The van der Waals surface area contributed by atoms with Gasteiger partial charge in [0.25, 0.3) is 0 Å². The second-order valence-electron chi connectivity index (χ2n) is 6.27. The second-order valence-corrected chi connectivity index (χ2v) is 6.27. The molecule has 0 amide bonds. The van der Waals surface area contributed by atoms with Gasteiger partial charge in [-0.2, -0.15) is 0 Å². The number of hydrogen-bond donors (Lipinski definition) is 0. The Labute approximate surface area is 137 Å². The van der Waals surface area contributed by atoms with Crippen LogP contribution in [0.5, 0.6) is 0 Å². The molecule has 1 aliphatic carbocycles. The highest BCUT2D eigenvalue weighted by atomic mass is 14.2. The first-order chi connectivity index (χ1) is 11.3. The highest BCUT2D eigenvalue weighted by Gasteiger charge is 2.13. The maximum atomic E-state index is 2.34. The lowest BCUT2D eigenvalue weighted by Crippen LogP contribution is -2.26. The maximum absolute atomic E-state index is 2.34. The second kappa shape index (κ2) is 5.55. The lowest BCUT2D eigenvalue weighted by molar-refractivity contribution is 1.37. The van der Waals surface area contributed by atoms with Crippen molar-refractivity contribution < 1.29 is 0 Å². The molecule has 1 aliphatic rings. The minimum Gasteiger partial charge on any atom is -0.0771 e. The molecule has 0 heterocycles. The largest absolute Gasteiger partial charge is 0.0771 e. The van der Waals surface area contributed by atoms with E-state index < -0.39 is 0 Å². The molecule has 0 saturated heterocycles. The van der Waals surface area contributed by atoms with Gasteiger partial charge in [0, 0.05) is 0 Å². The zero-order valence-electron chi connectivity index (χ0n) is 13.6. The summed E-state index contributed by atoms with van der Waals surface area (Å²) in [6.07, 6.45) is 5.67. The summed E-state index contributed by atoms with van der Waals surface area (Å²) < 4.78 is 0. The van der Waals surface area contributed by atoms with Crippen LogP contribution in [0.4, 0.5) is 0 Å². The molecule has 23 heavy (non-hydrogen) atoms. The number of aryl methyl sites for hydroxylation is 1. The Morgan fingerprint density at radius 2 is 1.52 bits per heavy atom. The molecular formula is C23H20. The molecule has 0 fully saturated rings. The summed E-state index contributed by atoms with van der Waals surface area (Å²) in [6, 6.07) is 21.9. The van der Waals surface area contributed by atoms with Crippen LogP contribution in [-0.2, 0) is 0 Å². The molecule has 0 radical (unpaired) electrons. The molecule has 0 bridgehead atoms. The van der Waals surface area contributed by atoms with Gasteiger partial charge < -0.3 is 0 Å². The smallest absolute Gasteiger partial charge is 0.00673 e. The zero-order chi connectivity index (χ0) is 15.8. The van der Waals surface area contributed by atoms with Crippen LogP contribution in [0.15, 0.2) is 72.3 Å². The van der Waals surface area contributed by atoms with E-state index in [-0.39, 0.29) is 0 Å². The summed E-state index contributed by atoms with van der Waals surface area (Å²) in [7, 11) is 0. The van der Waals surface area contributed by atoms with Gasteiger partial charge in [-0.05, 0) is 63.8 Å². The van der Waals surface area contributed by atoms with E-state index in [0.717, 1.165) is 6.42 Å². The number of allylic oxidation sites excluding steroid dienone is 2. The average Bonchev–Trinajstić information content (AvgIpc) is 2.74. The average molecular weight is 296 g/mol. The van der Waals surface area contributed by atoms with Crippen LogP contribution in [0, 0.1) is 6.92 Å². The minimum absolute atomic E-state index is 0.996. The number of rotatable bonds is 1. The topological polar surface area (TPSA) is 0 Å². The Morgan fingerprint density at radius 1 is 0.739 bits per heavy atom. The molecule has 0 aromatic heterocycles. The quantitative estimate of drug-likeness (QED) is 0.621. The molecule has 4 rings (SSSR count). The first kappa shape index (κ1) is 14.0. The normalized spacial score (nSPS) is 14.0. The van der Waals surface area contributed by atoms with E-state index in [9.17, 15) is 0 Å². The molecule has 0 saturated carbocycles. The van der Waals surface area contributed by atoms with E-state index in [0.29, 0.717) is 0 Å². The fourth-order valence-electron chi connectivity index (χ4n) is 3.62. The fourth-order valence-corrected chi connectivity index (χ4v) is 3.62. The van der Waals surface area contributed by atoms with E-state index in [1.54, 1.807) is 0 Å². The van der Waals surface area contributed by atoms with Crippen molar-refractivity contribution in [2.45, 2.75) is 20.3 Å². The van der Waals surface area contributed by atoms with Gasteiger partial charge in [0.2, 0.25) is 0 Å². The Hall–Kier alpha value is -2.60. The molecule has 112 valence electrons. The number of hydrogen-bond acceptors (Lipinski definition) is 0. The number of benzene rings is 3. The van der Waals surface area contributed by atoms with Crippen LogP contribution >= 0.6 is 0 Å². The predicted molar refractivity (Wildman–Crippen MR) is 99.7 cm³/mol. The molecule has 0 spiro atoms. The zero-order valence-corrected chi connectivity index (χ0v) is 13.6. The van der Waals surface area contributed by atoms with Crippen LogP contribution in [-0.4, -0.2) is 0 Å². The van der Waals surface area contributed by atoms with Gasteiger partial charge in [0.15, 0.2) is 0 Å². The molecule has 0 unspecified atom stereocenters. The van der Waals surface area contributed by atoms with Crippen molar-refractivity contribution in [3.8, 4) is 0 Å². The van der Waals surface area contributed by atoms with E-state index in [1.807, 2.05) is 0 Å². The third-order valence-corrected chi connectivity index (χ3v) is 4.77. The van der Waals surface area contributed by atoms with E-state index in [4.69, 9.17) is 0 Å². The van der Waals surface area contributed by atoms with Crippen LogP contribution in [0.3, 0.4) is 0 Å². The molecule has 0 atom stereocenters. The SMILES string of the molecule is CC1=CCC=c2ccccc2=C1c1c(C)ccc2ccccc12. The lowest BCUT2D eigenvalue weighted by Gasteiger charge is -2.15. The van der Waals surface area contributed by atoms with Crippen LogP contribution in [0.25, 0.3) is 22.4 Å². The standard InChI is InChI=1S/C23H20/c1-16-8-7-11-18-9-3-5-12-20(18)22(16)23-17(2)14-15-19-10-4-6-13-21(19)23/h3-6,8-15H,7H2,1-2H3. The Bertz CT molecular complexity index is 1050. The molecule has 0 aliphatic heterocycles. The molecule has 0 nitrogen and oxygen atoms in total. The van der Waals surface area contributed by atoms with E-state index in [2.05, 4.69) is 86.7 Å². The summed E-state index contributed by atoms with van der Waals surface area (Å²) in [4.78, 5) is 0. The lowest BCUT2D eigenvalue weighted by atomic mass is 9.88. The summed E-state index contributed by atoms with van der Waals surface area (Å²) in [5.41, 5.74) is 5.46. The van der Waals surface area contributed by atoms with Gasteiger partial charge in [-0.25, -0.2) is 0 Å². The third kappa shape index (κ3) is 2.31. The van der Waals surface area contributed by atoms with Crippen molar-refractivity contribution in [2.24, 2.45) is 0 Å².